The third-order valence-electron chi connectivity index (χ3n) is 4.22. The third-order valence-corrected chi connectivity index (χ3v) is 4.22. The first-order valence-electron chi connectivity index (χ1n) is 8.77. The third kappa shape index (κ3) is 4.23. The van der Waals surface area contributed by atoms with Gasteiger partial charge in [-0.25, -0.2) is 9.97 Å². The molecule has 0 bridgehead atoms. The molecule has 3 rings (SSSR count). The normalized spacial score (nSPS) is 14.4. The van der Waals surface area contributed by atoms with Gasteiger partial charge in [-0.05, 0) is 37.8 Å². The van der Waals surface area contributed by atoms with E-state index >= 15 is 0 Å². The van der Waals surface area contributed by atoms with Crippen molar-refractivity contribution in [3.8, 4) is 5.82 Å². The molecule has 2 aromatic rings. The minimum absolute atomic E-state index is 0.0194. The van der Waals surface area contributed by atoms with Crippen LogP contribution in [-0.2, 0) is 4.79 Å². The van der Waals surface area contributed by atoms with E-state index in [0.717, 1.165) is 32.4 Å². The Morgan fingerprint density at radius 3 is 2.64 bits per heavy atom. The lowest BCUT2D eigenvalue weighted by atomic mass is 10.1. The van der Waals surface area contributed by atoms with E-state index in [2.05, 4.69) is 15.3 Å². The molecule has 1 saturated heterocycles. The van der Waals surface area contributed by atoms with Crippen LogP contribution in [0.2, 0.25) is 0 Å². The lowest BCUT2D eigenvalue weighted by Crippen LogP contribution is -2.35. The molecule has 25 heavy (non-hydrogen) atoms. The molecule has 0 unspecified atom stereocenters. The summed E-state index contributed by atoms with van der Waals surface area (Å²) in [7, 11) is 0. The highest BCUT2D eigenvalue weighted by Crippen LogP contribution is 2.14. The summed E-state index contributed by atoms with van der Waals surface area (Å²) in [6.45, 7) is 3.56. The van der Waals surface area contributed by atoms with Crippen molar-refractivity contribution in [1.29, 1.82) is 0 Å². The summed E-state index contributed by atoms with van der Waals surface area (Å²) in [5.41, 5.74) is 1.09. The number of nitrogens with one attached hydrogen (secondary N) is 1. The molecule has 1 fully saturated rings. The number of hydrogen-bond acceptors (Lipinski definition) is 4. The monoisotopic (exact) mass is 341 g/mol. The van der Waals surface area contributed by atoms with Gasteiger partial charge < -0.3 is 10.2 Å². The Labute approximate surface area is 147 Å². The van der Waals surface area contributed by atoms with Crippen molar-refractivity contribution in [1.82, 2.24) is 19.4 Å². The van der Waals surface area contributed by atoms with Crippen LogP contribution in [0, 0.1) is 0 Å². The Morgan fingerprint density at radius 1 is 1.16 bits per heavy atom. The van der Waals surface area contributed by atoms with Gasteiger partial charge in [0.15, 0.2) is 0 Å². The first-order valence-corrected chi connectivity index (χ1v) is 8.77. The number of carbonyl (C=O) groups is 2. The van der Waals surface area contributed by atoms with Crippen LogP contribution in [-0.4, -0.2) is 44.3 Å². The van der Waals surface area contributed by atoms with Gasteiger partial charge in [-0.15, -0.1) is 0 Å². The highest BCUT2D eigenvalue weighted by atomic mass is 16.2. The van der Waals surface area contributed by atoms with Gasteiger partial charge in [-0.3, -0.25) is 14.2 Å². The van der Waals surface area contributed by atoms with Gasteiger partial charge in [0.25, 0.3) is 5.91 Å². The molecule has 7 nitrogen and oxygen atoms in total. The van der Waals surface area contributed by atoms with Crippen LogP contribution in [0.5, 0.6) is 0 Å². The summed E-state index contributed by atoms with van der Waals surface area (Å²) in [6, 6.07) is 3.58. The minimum atomic E-state index is -0.0260. The lowest BCUT2D eigenvalue weighted by molar-refractivity contribution is -0.116. The van der Waals surface area contributed by atoms with Crippen LogP contribution in [0.15, 0.2) is 30.9 Å². The first-order chi connectivity index (χ1) is 12.2. The van der Waals surface area contributed by atoms with Crippen molar-refractivity contribution < 1.29 is 9.59 Å². The number of rotatable bonds is 5. The van der Waals surface area contributed by atoms with Crippen LogP contribution < -0.4 is 5.32 Å². The van der Waals surface area contributed by atoms with Crippen molar-refractivity contribution in [3.63, 3.8) is 0 Å². The first kappa shape index (κ1) is 17.1. The zero-order valence-electron chi connectivity index (χ0n) is 14.4. The molecule has 1 N–H and O–H groups in total. The number of likely N-dealkylation sites (tertiary alicyclic amines) is 1. The number of aromatic nitrogens is 3. The fourth-order valence-corrected chi connectivity index (χ4v) is 2.88. The predicted octanol–water partition coefficient (Wildman–Crippen LogP) is 2.63. The molecular weight excluding hydrogens is 318 g/mol. The van der Waals surface area contributed by atoms with Gasteiger partial charge in [0.1, 0.15) is 17.8 Å². The zero-order chi connectivity index (χ0) is 17.6. The maximum atomic E-state index is 12.5. The molecule has 0 aliphatic carbocycles. The summed E-state index contributed by atoms with van der Waals surface area (Å²) in [4.78, 5) is 34.5. The SMILES string of the molecule is CCCC(=O)Nc1ccc(-n2cnc(C(=O)N3CCCCC3)c2)nc1. The van der Waals surface area contributed by atoms with Crippen molar-refractivity contribution in [2.24, 2.45) is 0 Å². The van der Waals surface area contributed by atoms with Gasteiger partial charge in [0.05, 0.1) is 11.9 Å². The topological polar surface area (TPSA) is 80.1 Å². The maximum absolute atomic E-state index is 12.5. The number of piperidine rings is 1. The molecule has 7 heteroatoms. The molecule has 3 heterocycles. The Bertz CT molecular complexity index is 732. The number of anilines is 1. The van der Waals surface area contributed by atoms with E-state index in [0.29, 0.717) is 23.6 Å². The highest BCUT2D eigenvalue weighted by molar-refractivity contribution is 5.92. The zero-order valence-corrected chi connectivity index (χ0v) is 14.4. The average molecular weight is 341 g/mol. The molecular formula is C18H23N5O2. The Morgan fingerprint density at radius 2 is 1.96 bits per heavy atom. The quantitative estimate of drug-likeness (QED) is 0.906. The number of pyridine rings is 1. The van der Waals surface area contributed by atoms with Gasteiger partial charge in [0, 0.05) is 25.7 Å². The molecule has 132 valence electrons. The van der Waals surface area contributed by atoms with Gasteiger partial charge in [-0.1, -0.05) is 6.92 Å². The molecule has 2 amide bonds. The summed E-state index contributed by atoms with van der Waals surface area (Å²) >= 11 is 0. The van der Waals surface area contributed by atoms with E-state index in [4.69, 9.17) is 0 Å². The molecule has 0 spiro atoms. The average Bonchev–Trinajstić information content (AvgIpc) is 3.13. The van der Waals surface area contributed by atoms with E-state index in [-0.39, 0.29) is 11.8 Å². The molecule has 1 aliphatic heterocycles. The summed E-state index contributed by atoms with van der Waals surface area (Å²) in [5.74, 6) is 0.606. The van der Waals surface area contributed by atoms with Gasteiger partial charge >= 0.3 is 0 Å². The van der Waals surface area contributed by atoms with Crippen LogP contribution >= 0.6 is 0 Å². The standard InChI is InChI=1S/C18H23N5O2/c1-2-6-17(24)21-14-7-8-16(19-11-14)23-12-15(20-13-23)18(25)22-9-4-3-5-10-22/h7-8,11-13H,2-6,9-10H2,1H3,(H,21,24). The van der Waals surface area contributed by atoms with Gasteiger partial charge in [-0.2, -0.15) is 0 Å². The van der Waals surface area contributed by atoms with Crippen molar-refractivity contribution >= 4 is 17.5 Å². The van der Waals surface area contributed by atoms with Crippen molar-refractivity contribution in [2.45, 2.75) is 39.0 Å². The van der Waals surface area contributed by atoms with E-state index in [1.165, 1.54) is 6.42 Å². The fraction of sp³-hybridized carbons (Fsp3) is 0.444. The Hall–Kier alpha value is -2.70. The minimum Gasteiger partial charge on any atom is -0.337 e. The van der Waals surface area contributed by atoms with E-state index in [1.807, 2.05) is 11.8 Å². The van der Waals surface area contributed by atoms with E-state index in [9.17, 15) is 9.59 Å². The second-order valence-corrected chi connectivity index (χ2v) is 6.22. The molecule has 1 aliphatic rings. The number of amides is 2. The number of hydrogen-bond donors (Lipinski definition) is 1. The maximum Gasteiger partial charge on any atom is 0.274 e. The van der Waals surface area contributed by atoms with E-state index < -0.39 is 0 Å². The van der Waals surface area contributed by atoms with Gasteiger partial charge in [0.2, 0.25) is 5.91 Å². The second kappa shape index (κ2) is 7.92. The summed E-state index contributed by atoms with van der Waals surface area (Å²) < 4.78 is 1.72. The molecule has 0 atom stereocenters. The van der Waals surface area contributed by atoms with Crippen molar-refractivity contribution in [3.05, 3.63) is 36.5 Å². The van der Waals surface area contributed by atoms with Crippen LogP contribution in [0.25, 0.3) is 5.82 Å². The fourth-order valence-electron chi connectivity index (χ4n) is 2.88. The van der Waals surface area contributed by atoms with E-state index in [1.54, 1.807) is 35.4 Å². The number of imidazole rings is 1. The van der Waals surface area contributed by atoms with Crippen LogP contribution in [0.1, 0.15) is 49.5 Å². The smallest absolute Gasteiger partial charge is 0.274 e. The Balaban J connectivity index is 1.67. The predicted molar refractivity (Wildman–Crippen MR) is 94.7 cm³/mol. The summed E-state index contributed by atoms with van der Waals surface area (Å²) in [6.07, 6.45) is 9.49. The highest BCUT2D eigenvalue weighted by Gasteiger charge is 2.20. The van der Waals surface area contributed by atoms with Crippen LogP contribution in [0.4, 0.5) is 5.69 Å². The molecule has 0 radical (unpaired) electrons. The van der Waals surface area contributed by atoms with Crippen LogP contribution in [0.3, 0.4) is 0 Å². The molecule has 0 aromatic carbocycles. The summed E-state index contributed by atoms with van der Waals surface area (Å²) in [5, 5.41) is 2.80. The Kier molecular flexibility index (Phi) is 5.42. The largest absolute Gasteiger partial charge is 0.337 e. The molecule has 0 saturated carbocycles. The lowest BCUT2D eigenvalue weighted by Gasteiger charge is -2.25. The molecule has 2 aromatic heterocycles. The van der Waals surface area contributed by atoms with Crippen molar-refractivity contribution in [2.75, 3.05) is 18.4 Å². The second-order valence-electron chi connectivity index (χ2n) is 6.22. The number of nitrogens with zero attached hydrogens (tertiary/aromatic N) is 4. The number of carbonyl (C=O) groups excluding carboxylic acids is 2.